The molecular formula is C10H9BrN4O. The van der Waals surface area contributed by atoms with E-state index in [-0.39, 0.29) is 5.78 Å². The van der Waals surface area contributed by atoms with Crippen LogP contribution in [0.15, 0.2) is 22.8 Å². The van der Waals surface area contributed by atoms with Gasteiger partial charge >= 0.3 is 0 Å². The zero-order chi connectivity index (χ0) is 11.7. The van der Waals surface area contributed by atoms with E-state index in [0.29, 0.717) is 16.0 Å². The van der Waals surface area contributed by atoms with Gasteiger partial charge in [0.1, 0.15) is 11.4 Å². The number of halogens is 1. The highest BCUT2D eigenvalue weighted by atomic mass is 79.9. The molecule has 2 rings (SSSR count). The van der Waals surface area contributed by atoms with Crippen LogP contribution in [0.1, 0.15) is 21.9 Å². The van der Waals surface area contributed by atoms with E-state index in [4.69, 9.17) is 0 Å². The summed E-state index contributed by atoms with van der Waals surface area (Å²) in [5.74, 6) is -0.192. The van der Waals surface area contributed by atoms with Gasteiger partial charge < -0.3 is 0 Å². The van der Waals surface area contributed by atoms with Crippen molar-refractivity contribution in [1.82, 2.24) is 20.0 Å². The highest BCUT2D eigenvalue weighted by Gasteiger charge is 2.19. The molecule has 2 heterocycles. The Balaban J connectivity index is 2.47. The molecule has 2 aromatic rings. The Hall–Kier alpha value is -1.56. The van der Waals surface area contributed by atoms with Gasteiger partial charge in [0.25, 0.3) is 0 Å². The molecule has 0 bridgehead atoms. The molecule has 0 atom stereocenters. The molecule has 0 aromatic carbocycles. The molecule has 0 aliphatic rings. The summed E-state index contributed by atoms with van der Waals surface area (Å²) >= 11 is 3.19. The first-order chi connectivity index (χ1) is 7.59. The maximum absolute atomic E-state index is 12.1. The summed E-state index contributed by atoms with van der Waals surface area (Å²) in [5.41, 5.74) is 1.60. The molecular weight excluding hydrogens is 272 g/mol. The lowest BCUT2D eigenvalue weighted by atomic mass is 10.2. The third-order valence-electron chi connectivity index (χ3n) is 2.12. The van der Waals surface area contributed by atoms with Crippen LogP contribution in [-0.4, -0.2) is 25.8 Å². The molecule has 5 nitrogen and oxygen atoms in total. The van der Waals surface area contributed by atoms with E-state index in [1.54, 1.807) is 19.2 Å². The van der Waals surface area contributed by atoms with Gasteiger partial charge in [0, 0.05) is 12.7 Å². The average molecular weight is 281 g/mol. The fraction of sp³-hybridized carbons (Fsp3) is 0.200. The molecule has 16 heavy (non-hydrogen) atoms. The van der Waals surface area contributed by atoms with Crippen LogP contribution in [0.25, 0.3) is 0 Å². The first-order valence-electron chi connectivity index (χ1n) is 4.63. The molecule has 0 saturated carbocycles. The van der Waals surface area contributed by atoms with Crippen LogP contribution < -0.4 is 0 Å². The van der Waals surface area contributed by atoms with Crippen molar-refractivity contribution in [2.24, 2.45) is 7.05 Å². The fourth-order valence-corrected chi connectivity index (χ4v) is 1.87. The fourth-order valence-electron chi connectivity index (χ4n) is 1.36. The van der Waals surface area contributed by atoms with E-state index >= 15 is 0 Å². The van der Waals surface area contributed by atoms with Gasteiger partial charge in [-0.05, 0) is 35.0 Å². The number of aromatic nitrogens is 4. The van der Waals surface area contributed by atoms with Gasteiger partial charge in [-0.2, -0.15) is 0 Å². The van der Waals surface area contributed by atoms with Crippen LogP contribution >= 0.6 is 15.9 Å². The first-order valence-corrected chi connectivity index (χ1v) is 5.42. The number of carbonyl (C=O) groups is 1. The number of rotatable bonds is 2. The third kappa shape index (κ3) is 1.88. The van der Waals surface area contributed by atoms with Gasteiger partial charge in [-0.15, -0.1) is 5.10 Å². The van der Waals surface area contributed by atoms with Gasteiger partial charge in [0.05, 0.1) is 0 Å². The highest BCUT2D eigenvalue weighted by Crippen LogP contribution is 2.15. The highest BCUT2D eigenvalue weighted by molar-refractivity contribution is 9.10. The van der Waals surface area contributed by atoms with Crippen LogP contribution in [0.5, 0.6) is 0 Å². The van der Waals surface area contributed by atoms with Gasteiger partial charge in [-0.1, -0.05) is 11.3 Å². The zero-order valence-electron chi connectivity index (χ0n) is 8.81. The zero-order valence-corrected chi connectivity index (χ0v) is 10.4. The Bertz CT molecular complexity index is 530. The Morgan fingerprint density at radius 3 is 2.75 bits per heavy atom. The smallest absolute Gasteiger partial charge is 0.232 e. The second kappa shape index (κ2) is 4.13. The molecule has 0 radical (unpaired) electrons. The predicted molar refractivity (Wildman–Crippen MR) is 61.1 cm³/mol. The minimum Gasteiger partial charge on any atom is -0.285 e. The lowest BCUT2D eigenvalue weighted by Crippen LogP contribution is -2.10. The maximum Gasteiger partial charge on any atom is 0.232 e. The SMILES string of the molecule is Cc1cccc(C(=O)c2c(Br)nnn2C)n1. The number of aryl methyl sites for hydroxylation is 2. The van der Waals surface area contributed by atoms with Crippen LogP contribution in [-0.2, 0) is 7.05 Å². The molecule has 0 amide bonds. The molecule has 0 N–H and O–H groups in total. The molecule has 0 saturated heterocycles. The molecule has 2 aromatic heterocycles. The minimum atomic E-state index is -0.192. The number of hydrogen-bond acceptors (Lipinski definition) is 4. The van der Waals surface area contributed by atoms with E-state index in [0.717, 1.165) is 5.69 Å². The van der Waals surface area contributed by atoms with Crippen molar-refractivity contribution in [3.8, 4) is 0 Å². The minimum absolute atomic E-state index is 0.192. The standard InChI is InChI=1S/C10H9BrN4O/c1-6-4-3-5-7(12-6)9(16)8-10(11)13-14-15(8)2/h3-5H,1-2H3. The molecule has 0 unspecified atom stereocenters. The van der Waals surface area contributed by atoms with E-state index in [1.807, 2.05) is 13.0 Å². The molecule has 0 aliphatic carbocycles. The van der Waals surface area contributed by atoms with Crippen molar-refractivity contribution >= 4 is 21.7 Å². The predicted octanol–water partition coefficient (Wildman–Crippen LogP) is 1.51. The van der Waals surface area contributed by atoms with Gasteiger partial charge in [0.15, 0.2) is 4.60 Å². The van der Waals surface area contributed by atoms with E-state index < -0.39 is 0 Å². The second-order valence-electron chi connectivity index (χ2n) is 3.35. The van der Waals surface area contributed by atoms with Gasteiger partial charge in [0.2, 0.25) is 5.78 Å². The third-order valence-corrected chi connectivity index (χ3v) is 2.66. The van der Waals surface area contributed by atoms with Crippen LogP contribution in [0.3, 0.4) is 0 Å². The number of hydrogen-bond donors (Lipinski definition) is 0. The van der Waals surface area contributed by atoms with E-state index in [1.165, 1.54) is 4.68 Å². The van der Waals surface area contributed by atoms with Crippen LogP contribution in [0.2, 0.25) is 0 Å². The number of ketones is 1. The van der Waals surface area contributed by atoms with Crippen molar-refractivity contribution in [3.63, 3.8) is 0 Å². The Labute approximate surface area is 101 Å². The normalized spacial score (nSPS) is 10.4. The second-order valence-corrected chi connectivity index (χ2v) is 4.10. The monoisotopic (exact) mass is 280 g/mol. The summed E-state index contributed by atoms with van der Waals surface area (Å²) < 4.78 is 1.86. The first kappa shape index (κ1) is 10.9. The molecule has 6 heteroatoms. The number of carbonyl (C=O) groups excluding carboxylic acids is 1. The summed E-state index contributed by atoms with van der Waals surface area (Å²) in [6.45, 7) is 1.84. The van der Waals surface area contributed by atoms with Crippen molar-refractivity contribution in [2.45, 2.75) is 6.92 Å². The molecule has 82 valence electrons. The lowest BCUT2D eigenvalue weighted by molar-refractivity contribution is 0.102. The van der Waals surface area contributed by atoms with Crippen LogP contribution in [0.4, 0.5) is 0 Å². The van der Waals surface area contributed by atoms with Crippen molar-refractivity contribution in [1.29, 1.82) is 0 Å². The molecule has 0 aliphatic heterocycles. The largest absolute Gasteiger partial charge is 0.285 e. The molecule has 0 fully saturated rings. The summed E-state index contributed by atoms with van der Waals surface area (Å²) in [6, 6.07) is 5.31. The van der Waals surface area contributed by atoms with Gasteiger partial charge in [-0.3, -0.25) is 4.79 Å². The molecule has 0 spiro atoms. The Morgan fingerprint density at radius 1 is 1.44 bits per heavy atom. The van der Waals surface area contributed by atoms with Gasteiger partial charge in [-0.25, -0.2) is 9.67 Å². The quantitative estimate of drug-likeness (QED) is 0.783. The average Bonchev–Trinajstić information content (AvgIpc) is 2.58. The maximum atomic E-state index is 12.1. The summed E-state index contributed by atoms with van der Waals surface area (Å²) in [6.07, 6.45) is 0. The van der Waals surface area contributed by atoms with E-state index in [2.05, 4.69) is 31.2 Å². The number of pyridine rings is 1. The Kier molecular flexibility index (Phi) is 2.82. The summed E-state index contributed by atoms with van der Waals surface area (Å²) in [5, 5.41) is 7.52. The lowest BCUT2D eigenvalue weighted by Gasteiger charge is -2.01. The van der Waals surface area contributed by atoms with Crippen LogP contribution in [0, 0.1) is 6.92 Å². The Morgan fingerprint density at radius 2 is 2.19 bits per heavy atom. The summed E-state index contributed by atoms with van der Waals surface area (Å²) in [4.78, 5) is 16.3. The topological polar surface area (TPSA) is 60.7 Å². The van der Waals surface area contributed by atoms with E-state index in [9.17, 15) is 4.79 Å². The number of nitrogens with zero attached hydrogens (tertiary/aromatic N) is 4. The van der Waals surface area contributed by atoms with Crippen molar-refractivity contribution in [3.05, 3.63) is 39.9 Å². The summed E-state index contributed by atoms with van der Waals surface area (Å²) in [7, 11) is 1.67. The van der Waals surface area contributed by atoms with Crippen molar-refractivity contribution < 1.29 is 4.79 Å². The van der Waals surface area contributed by atoms with Crippen molar-refractivity contribution in [2.75, 3.05) is 0 Å².